The van der Waals surface area contributed by atoms with Gasteiger partial charge in [0.15, 0.2) is 0 Å². The average Bonchev–Trinajstić information content (AvgIpc) is 2.80. The highest BCUT2D eigenvalue weighted by Crippen LogP contribution is 2.09. The summed E-state index contributed by atoms with van der Waals surface area (Å²) < 4.78 is 0. The maximum absolute atomic E-state index is 3.58. The molecule has 2 unspecified atom stereocenters. The molecule has 1 nitrogen and oxygen atoms in total. The molecular formula is C12H24NPS. The molecule has 0 aliphatic carbocycles. The van der Waals surface area contributed by atoms with Crippen molar-refractivity contribution in [1.29, 1.82) is 0 Å². The minimum Gasteiger partial charge on any atom is -0.309 e. The van der Waals surface area contributed by atoms with E-state index < -0.39 is 0 Å². The van der Waals surface area contributed by atoms with E-state index >= 15 is 0 Å². The molecule has 1 heterocycles. The van der Waals surface area contributed by atoms with Crippen molar-refractivity contribution in [3.63, 3.8) is 0 Å². The van der Waals surface area contributed by atoms with E-state index in [0.717, 1.165) is 6.54 Å². The molecule has 0 aromatic carbocycles. The van der Waals surface area contributed by atoms with Crippen molar-refractivity contribution in [2.45, 2.75) is 45.7 Å². The lowest BCUT2D eigenvalue weighted by molar-refractivity contribution is 0.464. The Morgan fingerprint density at radius 1 is 1.40 bits per heavy atom. The fourth-order valence-corrected chi connectivity index (χ4v) is 2.11. The van der Waals surface area contributed by atoms with Gasteiger partial charge in [-0.1, -0.05) is 33.0 Å². The summed E-state index contributed by atoms with van der Waals surface area (Å²) in [6.45, 7) is 7.45. The predicted molar refractivity (Wildman–Crippen MR) is 75.8 cm³/mol. The highest BCUT2D eigenvalue weighted by molar-refractivity contribution is 7.15. The largest absolute Gasteiger partial charge is 0.309 e. The Bertz CT molecular complexity index is 211. The zero-order valence-corrected chi connectivity index (χ0v) is 12.1. The van der Waals surface area contributed by atoms with E-state index in [1.165, 1.54) is 24.1 Å². The molecule has 0 radical (unpaired) electrons. The van der Waals surface area contributed by atoms with Crippen LogP contribution in [0.15, 0.2) is 17.5 Å². The summed E-state index contributed by atoms with van der Waals surface area (Å²) >= 11 is 1.83. The molecule has 0 fully saturated rings. The molecule has 0 bridgehead atoms. The molecule has 2 atom stereocenters. The van der Waals surface area contributed by atoms with Gasteiger partial charge in [0, 0.05) is 17.5 Å². The van der Waals surface area contributed by atoms with Crippen molar-refractivity contribution in [2.75, 3.05) is 6.66 Å². The first-order chi connectivity index (χ1) is 7.36. The first-order valence-electron chi connectivity index (χ1n) is 5.70. The third kappa shape index (κ3) is 7.05. The second-order valence-corrected chi connectivity index (χ2v) is 4.39. The van der Waals surface area contributed by atoms with Crippen LogP contribution < -0.4 is 5.32 Å². The highest BCUT2D eigenvalue weighted by Gasteiger charge is 2.03. The summed E-state index contributed by atoms with van der Waals surface area (Å²) in [5.41, 5.74) is 0. The molecule has 0 saturated carbocycles. The Morgan fingerprint density at radius 2 is 2.13 bits per heavy atom. The monoisotopic (exact) mass is 245 g/mol. The van der Waals surface area contributed by atoms with Crippen molar-refractivity contribution in [3.8, 4) is 0 Å². The van der Waals surface area contributed by atoms with Gasteiger partial charge >= 0.3 is 0 Å². The molecule has 0 aliphatic heterocycles. The van der Waals surface area contributed by atoms with Crippen LogP contribution in [0.25, 0.3) is 0 Å². The Labute approximate surface area is 101 Å². The van der Waals surface area contributed by atoms with Crippen LogP contribution >= 0.6 is 20.6 Å². The lowest BCUT2D eigenvalue weighted by Gasteiger charge is -2.14. The van der Waals surface area contributed by atoms with Crippen LogP contribution in [0.5, 0.6) is 0 Å². The molecule has 0 amide bonds. The zero-order valence-electron chi connectivity index (χ0n) is 10.1. The number of thiophene rings is 1. The smallest absolute Gasteiger partial charge is 0.0302 e. The van der Waals surface area contributed by atoms with Gasteiger partial charge in [-0.3, -0.25) is 0 Å². The summed E-state index contributed by atoms with van der Waals surface area (Å²) in [6, 6.07) is 5.01. The van der Waals surface area contributed by atoms with Gasteiger partial charge in [0.1, 0.15) is 0 Å². The van der Waals surface area contributed by atoms with Gasteiger partial charge in [-0.15, -0.1) is 20.6 Å². The third-order valence-electron chi connectivity index (χ3n) is 2.28. The number of nitrogens with one attached hydrogen (secondary N) is 1. The maximum atomic E-state index is 3.58. The van der Waals surface area contributed by atoms with E-state index in [0.29, 0.717) is 6.04 Å². The number of rotatable bonds is 6. The maximum Gasteiger partial charge on any atom is 0.0302 e. The molecule has 1 aromatic heterocycles. The lowest BCUT2D eigenvalue weighted by atomic mass is 10.1. The van der Waals surface area contributed by atoms with Crippen molar-refractivity contribution in [2.24, 2.45) is 0 Å². The highest BCUT2D eigenvalue weighted by atomic mass is 32.1. The molecule has 0 spiro atoms. The van der Waals surface area contributed by atoms with Gasteiger partial charge in [-0.25, -0.2) is 0 Å². The Balaban J connectivity index is 0.000000921. The standard InChI is InChI=1S/C11H19NS.CH5P/c1-3-6-10(4-2)12-9-11-7-5-8-13-11;1-2/h5,7-8,10,12H,3-4,6,9H2,1-2H3;2H2,1H3. The molecule has 15 heavy (non-hydrogen) atoms. The fraction of sp³-hybridized carbons (Fsp3) is 0.667. The van der Waals surface area contributed by atoms with Gasteiger partial charge in [-0.2, -0.15) is 0 Å². The van der Waals surface area contributed by atoms with Crippen molar-refractivity contribution >= 4 is 20.6 Å². The number of hydrogen-bond donors (Lipinski definition) is 1. The normalized spacial score (nSPS) is 11.7. The first kappa shape index (κ1) is 15.1. The van der Waals surface area contributed by atoms with Crippen LogP contribution in [0.3, 0.4) is 0 Å². The van der Waals surface area contributed by atoms with Crippen LogP contribution in [-0.4, -0.2) is 12.7 Å². The zero-order chi connectivity index (χ0) is 11.5. The second-order valence-electron chi connectivity index (χ2n) is 3.35. The molecule has 0 saturated heterocycles. The summed E-state index contributed by atoms with van der Waals surface area (Å²) in [5, 5.41) is 5.72. The van der Waals surface area contributed by atoms with Crippen LogP contribution in [0.1, 0.15) is 38.0 Å². The van der Waals surface area contributed by atoms with Gasteiger partial charge in [0.2, 0.25) is 0 Å². The average molecular weight is 245 g/mol. The fourth-order valence-electron chi connectivity index (χ4n) is 1.46. The Hall–Kier alpha value is 0.0900. The van der Waals surface area contributed by atoms with Gasteiger partial charge in [0.25, 0.3) is 0 Å². The third-order valence-corrected chi connectivity index (χ3v) is 3.15. The van der Waals surface area contributed by atoms with Crippen LogP contribution in [-0.2, 0) is 6.54 Å². The summed E-state index contributed by atoms with van der Waals surface area (Å²) in [6.07, 6.45) is 3.80. The van der Waals surface area contributed by atoms with E-state index in [1.807, 2.05) is 18.0 Å². The van der Waals surface area contributed by atoms with E-state index in [1.54, 1.807) is 0 Å². The molecular weight excluding hydrogens is 221 g/mol. The van der Waals surface area contributed by atoms with Crippen LogP contribution in [0, 0.1) is 0 Å². The minimum absolute atomic E-state index is 0.701. The van der Waals surface area contributed by atoms with Crippen LogP contribution in [0.4, 0.5) is 0 Å². The summed E-state index contributed by atoms with van der Waals surface area (Å²) in [4.78, 5) is 1.44. The first-order valence-corrected chi connectivity index (χ1v) is 7.73. The van der Waals surface area contributed by atoms with Gasteiger partial charge in [0.05, 0.1) is 0 Å². The molecule has 0 aliphatic rings. The van der Waals surface area contributed by atoms with E-state index in [9.17, 15) is 0 Å². The lowest BCUT2D eigenvalue weighted by Crippen LogP contribution is -2.27. The second kappa shape index (κ2) is 10.6. The van der Waals surface area contributed by atoms with E-state index in [4.69, 9.17) is 0 Å². The van der Waals surface area contributed by atoms with Gasteiger partial charge < -0.3 is 5.32 Å². The van der Waals surface area contributed by atoms with Crippen molar-refractivity contribution in [1.82, 2.24) is 5.32 Å². The van der Waals surface area contributed by atoms with E-state index in [2.05, 4.69) is 45.9 Å². The molecule has 88 valence electrons. The summed E-state index contributed by atoms with van der Waals surface area (Å²) in [5.74, 6) is 0. The molecule has 1 N–H and O–H groups in total. The Kier molecular flexibility index (Phi) is 10.7. The molecule has 1 rings (SSSR count). The molecule has 1 aromatic rings. The topological polar surface area (TPSA) is 12.0 Å². The SMILES string of the molecule is CCCC(CC)NCc1cccs1.CP. The minimum atomic E-state index is 0.701. The van der Waals surface area contributed by atoms with Crippen molar-refractivity contribution < 1.29 is 0 Å². The predicted octanol–water partition coefficient (Wildman–Crippen LogP) is 3.91. The van der Waals surface area contributed by atoms with Gasteiger partial charge in [-0.05, 0) is 24.3 Å². The van der Waals surface area contributed by atoms with E-state index in [-0.39, 0.29) is 0 Å². The summed E-state index contributed by atoms with van der Waals surface area (Å²) in [7, 11) is 2.42. The Morgan fingerprint density at radius 3 is 2.60 bits per heavy atom. The molecule has 3 heteroatoms. The van der Waals surface area contributed by atoms with Crippen molar-refractivity contribution in [3.05, 3.63) is 22.4 Å². The van der Waals surface area contributed by atoms with Crippen LogP contribution in [0.2, 0.25) is 0 Å². The number of hydrogen-bond acceptors (Lipinski definition) is 2. The quantitative estimate of drug-likeness (QED) is 0.749.